The Labute approximate surface area is 114 Å². The Morgan fingerprint density at radius 2 is 2.16 bits per heavy atom. The molecule has 4 nitrogen and oxygen atoms in total. The van der Waals surface area contributed by atoms with Gasteiger partial charge in [-0.3, -0.25) is 0 Å². The van der Waals surface area contributed by atoms with Gasteiger partial charge in [0.15, 0.2) is 0 Å². The highest BCUT2D eigenvalue weighted by molar-refractivity contribution is 5.56. The fraction of sp³-hybridized carbons (Fsp3) is 0.600. The van der Waals surface area contributed by atoms with E-state index in [0.29, 0.717) is 11.4 Å². The van der Waals surface area contributed by atoms with Gasteiger partial charge in [-0.15, -0.1) is 0 Å². The predicted octanol–water partition coefficient (Wildman–Crippen LogP) is 2.53. The van der Waals surface area contributed by atoms with Gasteiger partial charge >= 0.3 is 0 Å². The number of hydrogen-bond acceptors (Lipinski definition) is 4. The average molecular weight is 259 g/mol. The second kappa shape index (κ2) is 6.03. The molecule has 2 rings (SSSR count). The second-order valence-electron chi connectivity index (χ2n) is 5.39. The van der Waals surface area contributed by atoms with E-state index in [1.807, 2.05) is 19.9 Å². The van der Waals surface area contributed by atoms with Gasteiger partial charge in [0.2, 0.25) is 0 Å². The Balaban J connectivity index is 2.25. The van der Waals surface area contributed by atoms with E-state index < -0.39 is 0 Å². The standard InChI is InChI=1S/C15H21N3O/c1-10-7-11(2)17-15(13(10)8-16)18-14-6-4-3-5-12(14)9-19/h7,12,14,19H,3-6,9H2,1-2H3,(H,17,18). The molecule has 1 aromatic heterocycles. The summed E-state index contributed by atoms with van der Waals surface area (Å²) in [5.74, 6) is 0.938. The quantitative estimate of drug-likeness (QED) is 0.875. The van der Waals surface area contributed by atoms with E-state index in [1.165, 1.54) is 12.8 Å². The van der Waals surface area contributed by atoms with Gasteiger partial charge in [-0.25, -0.2) is 4.98 Å². The van der Waals surface area contributed by atoms with Crippen LogP contribution in [0.3, 0.4) is 0 Å². The zero-order valence-electron chi connectivity index (χ0n) is 11.6. The monoisotopic (exact) mass is 259 g/mol. The van der Waals surface area contributed by atoms with Crippen LogP contribution in [-0.2, 0) is 0 Å². The minimum Gasteiger partial charge on any atom is -0.396 e. The summed E-state index contributed by atoms with van der Waals surface area (Å²) in [4.78, 5) is 4.45. The molecule has 1 aromatic rings. The third-order valence-corrected chi connectivity index (χ3v) is 3.92. The summed E-state index contributed by atoms with van der Waals surface area (Å²) in [5.41, 5.74) is 2.48. The number of aliphatic hydroxyl groups excluding tert-OH is 1. The van der Waals surface area contributed by atoms with Crippen molar-refractivity contribution in [1.29, 1.82) is 5.26 Å². The first-order chi connectivity index (χ1) is 9.15. The van der Waals surface area contributed by atoms with Crippen molar-refractivity contribution < 1.29 is 5.11 Å². The van der Waals surface area contributed by atoms with E-state index in [4.69, 9.17) is 0 Å². The molecular formula is C15H21N3O. The number of anilines is 1. The number of nitrogens with zero attached hydrogens (tertiary/aromatic N) is 2. The molecule has 102 valence electrons. The van der Waals surface area contributed by atoms with Gasteiger partial charge in [0.05, 0.1) is 5.56 Å². The van der Waals surface area contributed by atoms with Crippen molar-refractivity contribution in [2.24, 2.45) is 5.92 Å². The zero-order valence-corrected chi connectivity index (χ0v) is 11.6. The number of nitriles is 1. The summed E-state index contributed by atoms with van der Waals surface area (Å²) in [5, 5.41) is 22.1. The fourth-order valence-corrected chi connectivity index (χ4v) is 2.87. The highest BCUT2D eigenvalue weighted by Gasteiger charge is 2.25. The van der Waals surface area contributed by atoms with Crippen LogP contribution in [-0.4, -0.2) is 22.7 Å². The van der Waals surface area contributed by atoms with Crippen molar-refractivity contribution in [3.63, 3.8) is 0 Å². The summed E-state index contributed by atoms with van der Waals surface area (Å²) in [7, 11) is 0. The Hall–Kier alpha value is -1.60. The molecule has 4 heteroatoms. The Morgan fingerprint density at radius 1 is 1.42 bits per heavy atom. The lowest BCUT2D eigenvalue weighted by atomic mass is 9.85. The number of rotatable bonds is 3. The number of nitrogens with one attached hydrogen (secondary N) is 1. The molecule has 1 heterocycles. The van der Waals surface area contributed by atoms with Crippen molar-refractivity contribution in [2.75, 3.05) is 11.9 Å². The predicted molar refractivity (Wildman–Crippen MR) is 74.9 cm³/mol. The lowest BCUT2D eigenvalue weighted by Gasteiger charge is -2.31. The Kier molecular flexibility index (Phi) is 4.39. The summed E-state index contributed by atoms with van der Waals surface area (Å²) in [6.45, 7) is 4.07. The number of aromatic nitrogens is 1. The average Bonchev–Trinajstić information content (AvgIpc) is 2.39. The van der Waals surface area contributed by atoms with Crippen LogP contribution in [0.5, 0.6) is 0 Å². The maximum atomic E-state index is 9.45. The molecule has 2 N–H and O–H groups in total. The molecule has 2 atom stereocenters. The SMILES string of the molecule is Cc1cc(C)c(C#N)c(NC2CCCCC2CO)n1. The first-order valence-electron chi connectivity index (χ1n) is 6.91. The summed E-state index contributed by atoms with van der Waals surface area (Å²) >= 11 is 0. The van der Waals surface area contributed by atoms with E-state index in [1.54, 1.807) is 0 Å². The van der Waals surface area contributed by atoms with Crippen LogP contribution in [0.4, 0.5) is 5.82 Å². The van der Waals surface area contributed by atoms with Crippen molar-refractivity contribution in [2.45, 2.75) is 45.6 Å². The van der Waals surface area contributed by atoms with Gasteiger partial charge in [0.1, 0.15) is 11.9 Å². The normalized spacial score (nSPS) is 22.8. The Morgan fingerprint density at radius 3 is 2.84 bits per heavy atom. The van der Waals surface area contributed by atoms with Crippen LogP contribution in [0.2, 0.25) is 0 Å². The van der Waals surface area contributed by atoms with Crippen molar-refractivity contribution in [3.05, 3.63) is 22.9 Å². The lowest BCUT2D eigenvalue weighted by Crippen LogP contribution is -2.35. The molecule has 1 saturated carbocycles. The van der Waals surface area contributed by atoms with Gasteiger partial charge in [-0.2, -0.15) is 5.26 Å². The minimum atomic E-state index is 0.199. The van der Waals surface area contributed by atoms with Crippen LogP contribution in [0.1, 0.15) is 42.5 Å². The van der Waals surface area contributed by atoms with Crippen LogP contribution < -0.4 is 5.32 Å². The molecule has 0 amide bonds. The van der Waals surface area contributed by atoms with Crippen molar-refractivity contribution in [1.82, 2.24) is 4.98 Å². The summed E-state index contributed by atoms with van der Waals surface area (Å²) in [6, 6.07) is 4.37. The van der Waals surface area contributed by atoms with Crippen molar-refractivity contribution >= 4 is 5.82 Å². The van der Waals surface area contributed by atoms with Gasteiger partial charge in [0.25, 0.3) is 0 Å². The highest BCUT2D eigenvalue weighted by Crippen LogP contribution is 2.28. The first-order valence-corrected chi connectivity index (χ1v) is 6.91. The molecule has 1 aliphatic rings. The molecule has 0 aliphatic heterocycles. The second-order valence-corrected chi connectivity index (χ2v) is 5.39. The van der Waals surface area contributed by atoms with Crippen LogP contribution >= 0.6 is 0 Å². The topological polar surface area (TPSA) is 68.9 Å². The number of hydrogen-bond donors (Lipinski definition) is 2. The fourth-order valence-electron chi connectivity index (χ4n) is 2.87. The summed E-state index contributed by atoms with van der Waals surface area (Å²) in [6.07, 6.45) is 4.42. The third kappa shape index (κ3) is 3.05. The first kappa shape index (κ1) is 13.8. The van der Waals surface area contributed by atoms with Crippen LogP contribution in [0.15, 0.2) is 6.07 Å². The maximum absolute atomic E-state index is 9.45. The smallest absolute Gasteiger partial charge is 0.144 e. The Bertz CT molecular complexity index is 493. The van der Waals surface area contributed by atoms with Gasteiger partial charge in [0, 0.05) is 24.3 Å². The van der Waals surface area contributed by atoms with E-state index in [-0.39, 0.29) is 18.6 Å². The molecule has 0 aromatic carbocycles. The van der Waals surface area contributed by atoms with Gasteiger partial charge in [-0.1, -0.05) is 12.8 Å². The molecule has 2 unspecified atom stereocenters. The van der Waals surface area contributed by atoms with Gasteiger partial charge < -0.3 is 10.4 Å². The van der Waals surface area contributed by atoms with E-state index in [9.17, 15) is 10.4 Å². The molecule has 1 fully saturated rings. The van der Waals surface area contributed by atoms with E-state index in [0.717, 1.165) is 24.1 Å². The summed E-state index contributed by atoms with van der Waals surface area (Å²) < 4.78 is 0. The third-order valence-electron chi connectivity index (χ3n) is 3.92. The minimum absolute atomic E-state index is 0.199. The number of aliphatic hydroxyl groups is 1. The maximum Gasteiger partial charge on any atom is 0.144 e. The van der Waals surface area contributed by atoms with Crippen LogP contribution in [0, 0.1) is 31.1 Å². The van der Waals surface area contributed by atoms with E-state index in [2.05, 4.69) is 16.4 Å². The molecule has 0 bridgehead atoms. The van der Waals surface area contributed by atoms with Gasteiger partial charge in [-0.05, 0) is 38.3 Å². The molecular weight excluding hydrogens is 238 g/mol. The number of aryl methyl sites for hydroxylation is 2. The molecule has 0 radical (unpaired) electrons. The molecule has 1 aliphatic carbocycles. The number of pyridine rings is 1. The lowest BCUT2D eigenvalue weighted by molar-refractivity contribution is 0.178. The molecule has 0 saturated heterocycles. The largest absolute Gasteiger partial charge is 0.396 e. The van der Waals surface area contributed by atoms with E-state index >= 15 is 0 Å². The highest BCUT2D eigenvalue weighted by atomic mass is 16.3. The molecule has 19 heavy (non-hydrogen) atoms. The van der Waals surface area contributed by atoms with Crippen LogP contribution in [0.25, 0.3) is 0 Å². The molecule has 0 spiro atoms. The zero-order chi connectivity index (χ0) is 13.8. The van der Waals surface area contributed by atoms with Crippen molar-refractivity contribution in [3.8, 4) is 6.07 Å².